The Bertz CT molecular complexity index is 628. The summed E-state index contributed by atoms with van der Waals surface area (Å²) in [5.41, 5.74) is 2.46. The van der Waals surface area contributed by atoms with E-state index in [0.29, 0.717) is 5.92 Å². The van der Waals surface area contributed by atoms with Gasteiger partial charge in [-0.1, -0.05) is 42.8 Å². The maximum absolute atomic E-state index is 5.66. The van der Waals surface area contributed by atoms with Gasteiger partial charge < -0.3 is 9.84 Å². The molecule has 2 fully saturated rings. The smallest absolute Gasteiger partial charge is 0.234 e. The van der Waals surface area contributed by atoms with Gasteiger partial charge in [0.2, 0.25) is 11.7 Å². The topological polar surface area (TPSA) is 51.0 Å². The average molecular weight is 320 g/mol. The van der Waals surface area contributed by atoms with Gasteiger partial charge in [0.05, 0.1) is 5.41 Å². The highest BCUT2D eigenvalue weighted by molar-refractivity contribution is 5.85. The van der Waals surface area contributed by atoms with Crippen LogP contribution in [0.4, 0.5) is 0 Å². The van der Waals surface area contributed by atoms with Crippen LogP contribution >= 0.6 is 12.4 Å². The van der Waals surface area contributed by atoms with Gasteiger partial charge in [-0.05, 0) is 37.3 Å². The zero-order chi connectivity index (χ0) is 14.3. The molecular weight excluding hydrogens is 298 g/mol. The van der Waals surface area contributed by atoms with Crippen molar-refractivity contribution in [1.82, 2.24) is 15.5 Å². The number of nitrogens with one attached hydrogen (secondary N) is 1. The standard InChI is InChI=1S/C17H21N3O.ClH/c1-2-12-5-7-13(8-6-12)15-19-16(21-20-15)17-9-3-4-14(17)10-18-11-17;/h5-8,14,18H,2-4,9-11H2,1H3;1H/t14-,17-;/m1./s1. The van der Waals surface area contributed by atoms with Crippen LogP contribution in [0.3, 0.4) is 0 Å². The predicted octanol–water partition coefficient (Wildman–Crippen LogP) is 3.36. The zero-order valence-electron chi connectivity index (χ0n) is 12.8. The molecule has 1 saturated carbocycles. The Morgan fingerprint density at radius 1 is 1.32 bits per heavy atom. The van der Waals surface area contributed by atoms with Crippen molar-refractivity contribution >= 4 is 12.4 Å². The summed E-state index contributed by atoms with van der Waals surface area (Å²) in [6.45, 7) is 4.23. The molecule has 5 heteroatoms. The number of hydrogen-bond acceptors (Lipinski definition) is 4. The van der Waals surface area contributed by atoms with E-state index in [-0.39, 0.29) is 17.8 Å². The van der Waals surface area contributed by atoms with E-state index in [1.54, 1.807) is 0 Å². The van der Waals surface area contributed by atoms with Gasteiger partial charge in [0, 0.05) is 12.1 Å². The predicted molar refractivity (Wildman–Crippen MR) is 88.2 cm³/mol. The summed E-state index contributed by atoms with van der Waals surface area (Å²) in [4.78, 5) is 4.73. The van der Waals surface area contributed by atoms with E-state index < -0.39 is 0 Å². The third-order valence-electron chi connectivity index (χ3n) is 5.26. The number of fused-ring (bicyclic) bond motifs is 1. The van der Waals surface area contributed by atoms with Gasteiger partial charge in [-0.3, -0.25) is 0 Å². The van der Waals surface area contributed by atoms with Crippen LogP contribution in [0.2, 0.25) is 0 Å². The van der Waals surface area contributed by atoms with E-state index in [4.69, 9.17) is 9.51 Å². The van der Waals surface area contributed by atoms with Crippen LogP contribution in [0.5, 0.6) is 0 Å². The molecule has 4 nitrogen and oxygen atoms in total. The fourth-order valence-electron chi connectivity index (χ4n) is 3.93. The van der Waals surface area contributed by atoms with Crippen molar-refractivity contribution in [3.05, 3.63) is 35.7 Å². The lowest BCUT2D eigenvalue weighted by Gasteiger charge is -2.22. The fraction of sp³-hybridized carbons (Fsp3) is 0.529. The van der Waals surface area contributed by atoms with Gasteiger partial charge in [0.25, 0.3) is 0 Å². The number of aryl methyl sites for hydroxylation is 1. The fourth-order valence-corrected chi connectivity index (χ4v) is 3.93. The number of rotatable bonds is 3. The van der Waals surface area contributed by atoms with Crippen LogP contribution in [-0.4, -0.2) is 23.2 Å². The minimum Gasteiger partial charge on any atom is -0.338 e. The molecule has 1 aromatic heterocycles. The van der Waals surface area contributed by atoms with Gasteiger partial charge >= 0.3 is 0 Å². The van der Waals surface area contributed by atoms with Crippen molar-refractivity contribution in [3.8, 4) is 11.4 Å². The molecule has 0 spiro atoms. The van der Waals surface area contributed by atoms with Gasteiger partial charge in [0.1, 0.15) is 0 Å². The van der Waals surface area contributed by atoms with E-state index in [9.17, 15) is 0 Å². The summed E-state index contributed by atoms with van der Waals surface area (Å²) >= 11 is 0. The van der Waals surface area contributed by atoms with Crippen molar-refractivity contribution in [2.75, 3.05) is 13.1 Å². The highest BCUT2D eigenvalue weighted by atomic mass is 35.5. The number of halogens is 1. The second-order valence-corrected chi connectivity index (χ2v) is 6.35. The molecule has 1 aliphatic heterocycles. The first kappa shape index (κ1) is 15.5. The molecule has 118 valence electrons. The molecule has 0 unspecified atom stereocenters. The van der Waals surface area contributed by atoms with Gasteiger partial charge in [-0.2, -0.15) is 4.98 Å². The Morgan fingerprint density at radius 3 is 2.91 bits per heavy atom. The Kier molecular flexibility index (Phi) is 4.24. The molecule has 2 aliphatic rings. The number of nitrogens with zero attached hydrogens (tertiary/aromatic N) is 2. The van der Waals surface area contributed by atoms with Crippen molar-refractivity contribution in [2.24, 2.45) is 5.92 Å². The second kappa shape index (κ2) is 6.01. The van der Waals surface area contributed by atoms with Crippen molar-refractivity contribution in [1.29, 1.82) is 0 Å². The summed E-state index contributed by atoms with van der Waals surface area (Å²) in [5, 5.41) is 7.73. The lowest BCUT2D eigenvalue weighted by Crippen LogP contribution is -2.31. The monoisotopic (exact) mass is 319 g/mol. The quantitative estimate of drug-likeness (QED) is 0.942. The molecule has 2 atom stereocenters. The Hall–Kier alpha value is -1.39. The lowest BCUT2D eigenvalue weighted by atomic mass is 9.80. The molecule has 0 amide bonds. The van der Waals surface area contributed by atoms with E-state index in [1.165, 1.54) is 24.8 Å². The van der Waals surface area contributed by atoms with Gasteiger partial charge in [-0.15, -0.1) is 12.4 Å². The molecular formula is C17H22ClN3O. The number of aromatic nitrogens is 2. The van der Waals surface area contributed by atoms with Crippen molar-refractivity contribution in [3.63, 3.8) is 0 Å². The molecule has 2 aromatic rings. The normalized spacial score (nSPS) is 26.7. The summed E-state index contributed by atoms with van der Waals surface area (Å²) in [7, 11) is 0. The Balaban J connectivity index is 0.00000144. The van der Waals surface area contributed by atoms with E-state index >= 15 is 0 Å². The highest BCUT2D eigenvalue weighted by Gasteiger charge is 2.51. The Morgan fingerprint density at radius 2 is 2.14 bits per heavy atom. The minimum absolute atomic E-state index is 0. The minimum atomic E-state index is 0. The number of benzene rings is 1. The van der Waals surface area contributed by atoms with Gasteiger partial charge in [-0.25, -0.2) is 0 Å². The molecule has 2 heterocycles. The summed E-state index contributed by atoms with van der Waals surface area (Å²) in [6.07, 6.45) is 4.76. The van der Waals surface area contributed by atoms with E-state index in [1.807, 2.05) is 0 Å². The SMILES string of the molecule is CCc1ccc(-c2noc([C@@]34CCC[C@@H]3CNC4)n2)cc1.Cl. The van der Waals surface area contributed by atoms with Crippen LogP contribution < -0.4 is 5.32 Å². The molecule has 0 radical (unpaired) electrons. The van der Waals surface area contributed by atoms with Crippen LogP contribution in [-0.2, 0) is 11.8 Å². The summed E-state index contributed by atoms with van der Waals surface area (Å²) < 4.78 is 5.66. The van der Waals surface area contributed by atoms with Crippen molar-refractivity contribution in [2.45, 2.75) is 38.0 Å². The third kappa shape index (κ3) is 2.34. The largest absolute Gasteiger partial charge is 0.338 e. The summed E-state index contributed by atoms with van der Waals surface area (Å²) in [5.74, 6) is 2.22. The molecule has 1 aliphatic carbocycles. The van der Waals surface area contributed by atoms with E-state index in [0.717, 1.165) is 36.8 Å². The third-order valence-corrected chi connectivity index (χ3v) is 5.26. The van der Waals surface area contributed by atoms with Crippen LogP contribution in [0.15, 0.2) is 28.8 Å². The van der Waals surface area contributed by atoms with Crippen LogP contribution in [0.1, 0.15) is 37.6 Å². The second-order valence-electron chi connectivity index (χ2n) is 6.35. The van der Waals surface area contributed by atoms with Gasteiger partial charge in [0.15, 0.2) is 0 Å². The molecule has 1 N–H and O–H groups in total. The Labute approximate surface area is 137 Å². The summed E-state index contributed by atoms with van der Waals surface area (Å²) in [6, 6.07) is 8.45. The first-order valence-corrected chi connectivity index (χ1v) is 7.96. The molecule has 0 bridgehead atoms. The molecule has 22 heavy (non-hydrogen) atoms. The maximum Gasteiger partial charge on any atom is 0.234 e. The first-order chi connectivity index (χ1) is 10.3. The molecule has 4 rings (SSSR count). The first-order valence-electron chi connectivity index (χ1n) is 7.96. The van der Waals surface area contributed by atoms with Crippen LogP contribution in [0.25, 0.3) is 11.4 Å². The number of hydrogen-bond donors (Lipinski definition) is 1. The van der Waals surface area contributed by atoms with E-state index in [2.05, 4.69) is 41.7 Å². The molecule has 1 saturated heterocycles. The molecule has 1 aromatic carbocycles. The van der Waals surface area contributed by atoms with Crippen molar-refractivity contribution < 1.29 is 4.52 Å². The van der Waals surface area contributed by atoms with Crippen LogP contribution in [0, 0.1) is 5.92 Å². The highest BCUT2D eigenvalue weighted by Crippen LogP contribution is 2.47. The zero-order valence-corrected chi connectivity index (χ0v) is 13.7. The lowest BCUT2D eigenvalue weighted by molar-refractivity contribution is 0.265. The maximum atomic E-state index is 5.66. The average Bonchev–Trinajstić information content (AvgIpc) is 3.21.